The molecule has 0 aliphatic rings. The van der Waals surface area contributed by atoms with E-state index in [1.165, 1.54) is 11.3 Å². The maximum atomic E-state index is 12.2. The van der Waals surface area contributed by atoms with E-state index in [-0.39, 0.29) is 12.3 Å². The fraction of sp³-hybridized carbons (Fsp3) is 0.0556. The summed E-state index contributed by atoms with van der Waals surface area (Å²) in [5, 5.41) is 5.38. The Hall–Kier alpha value is -2.99. The summed E-state index contributed by atoms with van der Waals surface area (Å²) >= 11 is 1.42. The van der Waals surface area contributed by atoms with Crippen LogP contribution in [0.25, 0.3) is 16.9 Å². The number of hydrogen-bond acceptors (Lipinski definition) is 4. The first-order valence-electron chi connectivity index (χ1n) is 7.51. The summed E-state index contributed by atoms with van der Waals surface area (Å²) in [5.41, 5.74) is 3.47. The Balaban J connectivity index is 1.45. The number of aromatic nitrogens is 3. The highest BCUT2D eigenvalue weighted by Gasteiger charge is 2.10. The third kappa shape index (κ3) is 3.04. The zero-order valence-corrected chi connectivity index (χ0v) is 13.5. The number of rotatable bonds is 4. The molecule has 0 aliphatic heterocycles. The Labute approximate surface area is 142 Å². The Morgan fingerprint density at radius 2 is 1.92 bits per heavy atom. The van der Waals surface area contributed by atoms with Gasteiger partial charge in [-0.15, -0.1) is 11.3 Å². The van der Waals surface area contributed by atoms with Crippen LogP contribution in [0.1, 0.15) is 5.69 Å². The molecule has 0 saturated heterocycles. The quantitative estimate of drug-likeness (QED) is 0.620. The number of thiazole rings is 1. The predicted molar refractivity (Wildman–Crippen MR) is 95.1 cm³/mol. The molecule has 0 atom stereocenters. The van der Waals surface area contributed by atoms with Gasteiger partial charge in [0.2, 0.25) is 5.91 Å². The third-order valence-corrected chi connectivity index (χ3v) is 4.33. The minimum absolute atomic E-state index is 0.118. The van der Waals surface area contributed by atoms with Crippen LogP contribution in [-0.4, -0.2) is 20.3 Å². The molecule has 24 heavy (non-hydrogen) atoms. The molecule has 0 bridgehead atoms. The summed E-state index contributed by atoms with van der Waals surface area (Å²) in [6.45, 7) is 0. The van der Waals surface area contributed by atoms with Crippen molar-refractivity contribution in [1.29, 1.82) is 0 Å². The molecule has 0 saturated carbocycles. The number of imidazole rings is 1. The van der Waals surface area contributed by atoms with Gasteiger partial charge in [0.1, 0.15) is 5.65 Å². The minimum Gasteiger partial charge on any atom is -0.307 e. The maximum absolute atomic E-state index is 12.2. The summed E-state index contributed by atoms with van der Waals surface area (Å²) in [5.74, 6) is -0.118. The molecule has 1 aromatic carbocycles. The van der Waals surface area contributed by atoms with Gasteiger partial charge >= 0.3 is 0 Å². The van der Waals surface area contributed by atoms with Gasteiger partial charge in [-0.25, -0.2) is 9.97 Å². The average molecular weight is 334 g/mol. The van der Waals surface area contributed by atoms with Crippen molar-refractivity contribution < 1.29 is 4.79 Å². The molecule has 0 fully saturated rings. The van der Waals surface area contributed by atoms with E-state index in [9.17, 15) is 4.79 Å². The van der Waals surface area contributed by atoms with Crippen molar-refractivity contribution in [3.8, 4) is 11.3 Å². The van der Waals surface area contributed by atoms with Crippen LogP contribution in [0.5, 0.6) is 0 Å². The average Bonchev–Trinajstić information content (AvgIpc) is 3.21. The number of anilines is 1. The number of amides is 1. The highest BCUT2D eigenvalue weighted by molar-refractivity contribution is 7.14. The highest BCUT2D eigenvalue weighted by Crippen LogP contribution is 2.24. The molecule has 0 aliphatic carbocycles. The van der Waals surface area contributed by atoms with Crippen LogP contribution in [0.4, 0.5) is 5.13 Å². The number of carbonyl (C=O) groups excluding carboxylic acids is 1. The monoisotopic (exact) mass is 334 g/mol. The molecule has 3 aromatic heterocycles. The topological polar surface area (TPSA) is 59.3 Å². The van der Waals surface area contributed by atoms with Gasteiger partial charge in [0.05, 0.1) is 17.8 Å². The largest absolute Gasteiger partial charge is 0.307 e. The fourth-order valence-electron chi connectivity index (χ4n) is 2.47. The van der Waals surface area contributed by atoms with E-state index in [0.29, 0.717) is 5.13 Å². The first kappa shape index (κ1) is 14.6. The van der Waals surface area contributed by atoms with Gasteiger partial charge in [-0.1, -0.05) is 36.4 Å². The third-order valence-electron chi connectivity index (χ3n) is 3.58. The Morgan fingerprint density at radius 3 is 2.75 bits per heavy atom. The number of nitrogens with one attached hydrogen (secondary N) is 1. The van der Waals surface area contributed by atoms with Gasteiger partial charge in [-0.05, 0) is 12.1 Å². The van der Waals surface area contributed by atoms with E-state index < -0.39 is 0 Å². The summed E-state index contributed by atoms with van der Waals surface area (Å²) in [4.78, 5) is 21.1. The predicted octanol–water partition coefficient (Wildman–Crippen LogP) is 3.64. The molecular weight excluding hydrogens is 320 g/mol. The van der Waals surface area contributed by atoms with Crippen LogP contribution < -0.4 is 5.32 Å². The maximum Gasteiger partial charge on any atom is 0.232 e. The van der Waals surface area contributed by atoms with Crippen molar-refractivity contribution in [2.24, 2.45) is 0 Å². The molecule has 3 heterocycles. The lowest BCUT2D eigenvalue weighted by atomic mass is 10.2. The van der Waals surface area contributed by atoms with Crippen molar-refractivity contribution in [2.45, 2.75) is 6.42 Å². The molecule has 0 unspecified atom stereocenters. The SMILES string of the molecule is O=C(Cc1cn2ccccc2n1)Nc1nc(-c2ccccc2)cs1. The lowest BCUT2D eigenvalue weighted by Crippen LogP contribution is -2.14. The van der Waals surface area contributed by atoms with Gasteiger partial charge in [0.15, 0.2) is 5.13 Å². The lowest BCUT2D eigenvalue weighted by molar-refractivity contribution is -0.115. The van der Waals surface area contributed by atoms with Crippen LogP contribution in [0.2, 0.25) is 0 Å². The first-order chi connectivity index (χ1) is 11.8. The van der Waals surface area contributed by atoms with Crippen LogP contribution >= 0.6 is 11.3 Å². The number of pyridine rings is 1. The molecular formula is C18H14N4OS. The van der Waals surface area contributed by atoms with E-state index in [2.05, 4.69) is 15.3 Å². The van der Waals surface area contributed by atoms with Gasteiger partial charge in [-0.2, -0.15) is 0 Å². The van der Waals surface area contributed by atoms with Gasteiger partial charge < -0.3 is 9.72 Å². The van der Waals surface area contributed by atoms with Crippen molar-refractivity contribution in [2.75, 3.05) is 5.32 Å². The number of nitrogens with zero attached hydrogens (tertiary/aromatic N) is 3. The van der Waals surface area contributed by atoms with Crippen LogP contribution in [0.3, 0.4) is 0 Å². The second-order valence-electron chi connectivity index (χ2n) is 5.33. The molecule has 1 N–H and O–H groups in total. The lowest BCUT2D eigenvalue weighted by Gasteiger charge is -1.99. The van der Waals surface area contributed by atoms with Crippen molar-refractivity contribution >= 4 is 28.0 Å². The molecule has 0 spiro atoms. The molecule has 118 valence electrons. The Kier molecular flexibility index (Phi) is 3.80. The highest BCUT2D eigenvalue weighted by atomic mass is 32.1. The van der Waals surface area contributed by atoms with Crippen LogP contribution in [-0.2, 0) is 11.2 Å². The second kappa shape index (κ2) is 6.25. The summed E-state index contributed by atoms with van der Waals surface area (Å²) in [7, 11) is 0. The molecule has 6 heteroatoms. The van der Waals surface area contributed by atoms with E-state index in [0.717, 1.165) is 22.6 Å². The van der Waals surface area contributed by atoms with Gasteiger partial charge in [0, 0.05) is 23.3 Å². The first-order valence-corrected chi connectivity index (χ1v) is 8.39. The normalized spacial score (nSPS) is 10.8. The molecule has 1 amide bonds. The van der Waals surface area contributed by atoms with Gasteiger partial charge in [0.25, 0.3) is 0 Å². The number of benzene rings is 1. The van der Waals surface area contributed by atoms with E-state index in [1.807, 2.05) is 70.7 Å². The zero-order chi connectivity index (χ0) is 16.4. The number of carbonyl (C=O) groups is 1. The van der Waals surface area contributed by atoms with Gasteiger partial charge in [-0.3, -0.25) is 4.79 Å². The molecule has 4 rings (SSSR count). The molecule has 5 nitrogen and oxygen atoms in total. The molecule has 4 aromatic rings. The van der Waals surface area contributed by atoms with E-state index in [1.54, 1.807) is 0 Å². The summed E-state index contributed by atoms with van der Waals surface area (Å²) < 4.78 is 1.90. The van der Waals surface area contributed by atoms with Crippen molar-refractivity contribution in [3.63, 3.8) is 0 Å². The fourth-order valence-corrected chi connectivity index (χ4v) is 3.21. The second-order valence-corrected chi connectivity index (χ2v) is 6.19. The smallest absolute Gasteiger partial charge is 0.232 e. The summed E-state index contributed by atoms with van der Waals surface area (Å²) in [6, 6.07) is 15.7. The van der Waals surface area contributed by atoms with Crippen molar-refractivity contribution in [3.05, 3.63) is 72.0 Å². The Bertz CT molecular complexity index is 957. The van der Waals surface area contributed by atoms with E-state index in [4.69, 9.17) is 0 Å². The standard InChI is InChI=1S/C18H14N4OS/c23-17(10-14-11-22-9-5-4-8-16(22)19-14)21-18-20-15(12-24-18)13-6-2-1-3-7-13/h1-9,11-12H,10H2,(H,20,21,23). The Morgan fingerprint density at radius 1 is 1.08 bits per heavy atom. The molecule has 0 radical (unpaired) electrons. The van der Waals surface area contributed by atoms with E-state index >= 15 is 0 Å². The van der Waals surface area contributed by atoms with Crippen molar-refractivity contribution in [1.82, 2.24) is 14.4 Å². The van der Waals surface area contributed by atoms with Crippen LogP contribution in [0.15, 0.2) is 66.3 Å². The number of fused-ring (bicyclic) bond motifs is 1. The van der Waals surface area contributed by atoms with Crippen LogP contribution in [0, 0.1) is 0 Å². The minimum atomic E-state index is -0.118. The summed E-state index contributed by atoms with van der Waals surface area (Å²) in [6.07, 6.45) is 4.00. The zero-order valence-electron chi connectivity index (χ0n) is 12.7. The number of hydrogen-bond donors (Lipinski definition) is 1.